The van der Waals surface area contributed by atoms with Crippen molar-refractivity contribution in [3.05, 3.63) is 30.3 Å². The SMILES string of the molecule is C[C@@H](N)C(=O)NC1CCN(c2ccccc2)C1=O.Cl. The summed E-state index contributed by atoms with van der Waals surface area (Å²) in [4.78, 5) is 25.3. The van der Waals surface area contributed by atoms with Crippen molar-refractivity contribution < 1.29 is 9.59 Å². The Morgan fingerprint density at radius 2 is 2.05 bits per heavy atom. The lowest BCUT2D eigenvalue weighted by atomic mass is 10.2. The van der Waals surface area contributed by atoms with E-state index in [1.54, 1.807) is 11.8 Å². The van der Waals surface area contributed by atoms with Crippen LogP contribution in [0.15, 0.2) is 30.3 Å². The van der Waals surface area contributed by atoms with Gasteiger partial charge in [-0.3, -0.25) is 9.59 Å². The predicted octanol–water partition coefficient (Wildman–Crippen LogP) is 0.677. The van der Waals surface area contributed by atoms with Crippen LogP contribution < -0.4 is 16.0 Å². The van der Waals surface area contributed by atoms with Gasteiger partial charge in [-0.1, -0.05) is 18.2 Å². The molecule has 1 aromatic rings. The van der Waals surface area contributed by atoms with E-state index in [-0.39, 0.29) is 24.2 Å². The number of nitrogens with zero attached hydrogens (tertiary/aromatic N) is 1. The number of anilines is 1. The van der Waals surface area contributed by atoms with E-state index in [2.05, 4.69) is 5.32 Å². The van der Waals surface area contributed by atoms with Crippen LogP contribution in [0.3, 0.4) is 0 Å². The summed E-state index contributed by atoms with van der Waals surface area (Å²) in [5.41, 5.74) is 6.33. The molecular weight excluding hydrogens is 266 g/mol. The van der Waals surface area contributed by atoms with Crippen molar-refractivity contribution >= 4 is 29.9 Å². The van der Waals surface area contributed by atoms with Crippen LogP contribution in [0.25, 0.3) is 0 Å². The summed E-state index contributed by atoms with van der Waals surface area (Å²) in [6, 6.07) is 8.39. The molecule has 0 bridgehead atoms. The molecule has 1 saturated heterocycles. The molecule has 6 heteroatoms. The molecule has 19 heavy (non-hydrogen) atoms. The number of carbonyl (C=O) groups excluding carboxylic acids is 2. The Morgan fingerprint density at radius 3 is 2.63 bits per heavy atom. The highest BCUT2D eigenvalue weighted by molar-refractivity contribution is 6.01. The summed E-state index contributed by atoms with van der Waals surface area (Å²) in [7, 11) is 0. The van der Waals surface area contributed by atoms with Crippen molar-refractivity contribution in [2.75, 3.05) is 11.4 Å². The number of nitrogens with two attached hydrogens (primary N) is 1. The number of carbonyl (C=O) groups is 2. The largest absolute Gasteiger partial charge is 0.343 e. The molecule has 0 radical (unpaired) electrons. The summed E-state index contributed by atoms with van der Waals surface area (Å²) in [5, 5.41) is 2.67. The molecule has 5 nitrogen and oxygen atoms in total. The van der Waals surface area contributed by atoms with E-state index in [0.29, 0.717) is 13.0 Å². The highest BCUT2D eigenvalue weighted by Gasteiger charge is 2.33. The maximum Gasteiger partial charge on any atom is 0.249 e. The maximum atomic E-state index is 12.1. The second-order valence-corrected chi connectivity index (χ2v) is 4.46. The van der Waals surface area contributed by atoms with E-state index in [0.717, 1.165) is 5.69 Å². The molecule has 1 heterocycles. The summed E-state index contributed by atoms with van der Waals surface area (Å²) in [6.07, 6.45) is 0.617. The van der Waals surface area contributed by atoms with Gasteiger partial charge in [0.2, 0.25) is 11.8 Å². The lowest BCUT2D eigenvalue weighted by Crippen LogP contribution is -2.47. The third-order valence-electron chi connectivity index (χ3n) is 3.00. The van der Waals surface area contributed by atoms with E-state index >= 15 is 0 Å². The zero-order valence-corrected chi connectivity index (χ0v) is 11.5. The molecule has 2 rings (SSSR count). The topological polar surface area (TPSA) is 75.4 Å². The molecule has 0 aromatic heterocycles. The van der Waals surface area contributed by atoms with Crippen molar-refractivity contribution in [2.45, 2.75) is 25.4 Å². The molecule has 2 atom stereocenters. The Bertz CT molecular complexity index is 450. The van der Waals surface area contributed by atoms with Gasteiger partial charge in [-0.05, 0) is 25.5 Å². The molecule has 0 aliphatic carbocycles. The van der Waals surface area contributed by atoms with Crippen molar-refractivity contribution in [3.8, 4) is 0 Å². The van der Waals surface area contributed by atoms with Gasteiger partial charge in [0.25, 0.3) is 0 Å². The van der Waals surface area contributed by atoms with Crippen LogP contribution in [0.1, 0.15) is 13.3 Å². The minimum absolute atomic E-state index is 0. The van der Waals surface area contributed by atoms with Gasteiger partial charge < -0.3 is 16.0 Å². The van der Waals surface area contributed by atoms with Gasteiger partial charge >= 0.3 is 0 Å². The first-order valence-electron chi connectivity index (χ1n) is 6.02. The standard InChI is InChI=1S/C13H17N3O2.ClH/c1-9(14)12(17)15-11-7-8-16(13(11)18)10-5-3-2-4-6-10;/h2-6,9,11H,7-8,14H2,1H3,(H,15,17);1H/t9-,11?;/m1./s1. The van der Waals surface area contributed by atoms with Crippen molar-refractivity contribution in [3.63, 3.8) is 0 Å². The van der Waals surface area contributed by atoms with E-state index in [9.17, 15) is 9.59 Å². The van der Waals surface area contributed by atoms with Crippen molar-refractivity contribution in [2.24, 2.45) is 5.73 Å². The van der Waals surface area contributed by atoms with Crippen LogP contribution in [0.2, 0.25) is 0 Å². The first-order valence-corrected chi connectivity index (χ1v) is 6.02. The van der Waals surface area contributed by atoms with Crippen LogP contribution in [0.4, 0.5) is 5.69 Å². The second kappa shape index (κ2) is 6.54. The highest BCUT2D eigenvalue weighted by atomic mass is 35.5. The van der Waals surface area contributed by atoms with E-state index in [4.69, 9.17) is 5.73 Å². The third kappa shape index (κ3) is 3.45. The van der Waals surface area contributed by atoms with E-state index in [1.807, 2.05) is 30.3 Å². The van der Waals surface area contributed by atoms with Crippen LogP contribution in [-0.2, 0) is 9.59 Å². The molecule has 3 N–H and O–H groups in total. The van der Waals surface area contributed by atoms with Crippen LogP contribution in [-0.4, -0.2) is 30.4 Å². The summed E-state index contributed by atoms with van der Waals surface area (Å²) in [5.74, 6) is -0.363. The third-order valence-corrected chi connectivity index (χ3v) is 3.00. The molecule has 1 unspecified atom stereocenters. The molecule has 104 valence electrons. The molecule has 1 fully saturated rings. The molecule has 1 aliphatic heterocycles. The summed E-state index contributed by atoms with van der Waals surface area (Å²) in [6.45, 7) is 2.22. The number of nitrogens with one attached hydrogen (secondary N) is 1. The fourth-order valence-electron chi connectivity index (χ4n) is 1.98. The molecule has 2 amide bonds. The number of rotatable bonds is 3. The normalized spacial score (nSPS) is 19.8. The van der Waals surface area contributed by atoms with Gasteiger partial charge in [0.15, 0.2) is 0 Å². The first-order chi connectivity index (χ1) is 8.59. The molecule has 1 aromatic carbocycles. The Morgan fingerprint density at radius 1 is 1.42 bits per heavy atom. The van der Waals surface area contributed by atoms with Gasteiger partial charge in [-0.2, -0.15) is 0 Å². The number of halogens is 1. The van der Waals surface area contributed by atoms with E-state index < -0.39 is 12.1 Å². The smallest absolute Gasteiger partial charge is 0.249 e. The van der Waals surface area contributed by atoms with Crippen molar-refractivity contribution in [1.82, 2.24) is 5.32 Å². The molecule has 0 saturated carbocycles. The lowest BCUT2D eigenvalue weighted by molar-refractivity contribution is -0.127. The fraction of sp³-hybridized carbons (Fsp3) is 0.385. The Labute approximate surface area is 118 Å². The second-order valence-electron chi connectivity index (χ2n) is 4.46. The minimum atomic E-state index is -0.594. The Balaban J connectivity index is 0.00000180. The van der Waals surface area contributed by atoms with Crippen molar-refractivity contribution in [1.29, 1.82) is 0 Å². The quantitative estimate of drug-likeness (QED) is 0.856. The zero-order chi connectivity index (χ0) is 13.1. The van der Waals surface area contributed by atoms with Gasteiger partial charge in [0, 0.05) is 12.2 Å². The summed E-state index contributed by atoms with van der Waals surface area (Å²) < 4.78 is 0. The maximum absolute atomic E-state index is 12.1. The number of hydrogen-bond donors (Lipinski definition) is 2. The molecular formula is C13H18ClN3O2. The average Bonchev–Trinajstić information content (AvgIpc) is 2.72. The van der Waals surface area contributed by atoms with Crippen LogP contribution in [0.5, 0.6) is 0 Å². The van der Waals surface area contributed by atoms with Gasteiger partial charge in [0.05, 0.1) is 6.04 Å². The Kier molecular flexibility index (Phi) is 5.32. The Hall–Kier alpha value is -1.59. The monoisotopic (exact) mass is 283 g/mol. The number of hydrogen-bond acceptors (Lipinski definition) is 3. The fourth-order valence-corrected chi connectivity index (χ4v) is 1.98. The molecule has 1 aliphatic rings. The lowest BCUT2D eigenvalue weighted by Gasteiger charge is -2.17. The van der Waals surface area contributed by atoms with Crippen LogP contribution in [0, 0.1) is 0 Å². The zero-order valence-electron chi connectivity index (χ0n) is 10.7. The predicted molar refractivity (Wildman–Crippen MR) is 76.2 cm³/mol. The van der Waals surface area contributed by atoms with Gasteiger partial charge in [0.1, 0.15) is 6.04 Å². The van der Waals surface area contributed by atoms with Crippen LogP contribution >= 0.6 is 12.4 Å². The van der Waals surface area contributed by atoms with E-state index in [1.165, 1.54) is 0 Å². The number of para-hydroxylation sites is 1. The highest BCUT2D eigenvalue weighted by Crippen LogP contribution is 2.20. The number of amides is 2. The van der Waals surface area contributed by atoms with Gasteiger partial charge in [-0.25, -0.2) is 0 Å². The number of benzene rings is 1. The van der Waals surface area contributed by atoms with Gasteiger partial charge in [-0.15, -0.1) is 12.4 Å². The average molecular weight is 284 g/mol. The first kappa shape index (κ1) is 15.5. The summed E-state index contributed by atoms with van der Waals surface area (Å²) >= 11 is 0. The minimum Gasteiger partial charge on any atom is -0.343 e. The molecule has 0 spiro atoms.